The molecular weight excluding hydrogens is 216 g/mol. The summed E-state index contributed by atoms with van der Waals surface area (Å²) in [6, 6.07) is 0. The number of H-pyrrole nitrogens is 1. The monoisotopic (exact) mass is 226 g/mol. The predicted molar refractivity (Wildman–Crippen MR) is 58.4 cm³/mol. The summed E-state index contributed by atoms with van der Waals surface area (Å²) in [7, 11) is 0. The lowest BCUT2D eigenvalue weighted by atomic mass is 10.3. The van der Waals surface area contributed by atoms with Crippen LogP contribution in [0.1, 0.15) is 6.92 Å². The van der Waals surface area contributed by atoms with Crippen LogP contribution in [0.2, 0.25) is 0 Å². The zero-order valence-corrected chi connectivity index (χ0v) is 8.87. The first-order chi connectivity index (χ1) is 7.09. The molecule has 0 saturated carbocycles. The highest BCUT2D eigenvalue weighted by Gasteiger charge is 2.09. The fourth-order valence-corrected chi connectivity index (χ4v) is 2.16. The number of thiophene rings is 1. The summed E-state index contributed by atoms with van der Waals surface area (Å²) in [6.45, 7) is 1.55. The van der Waals surface area contributed by atoms with Gasteiger partial charge in [-0.1, -0.05) is 0 Å². The molecule has 2 heterocycles. The molecule has 2 aromatic heterocycles. The van der Waals surface area contributed by atoms with Gasteiger partial charge in [0.25, 0.3) is 5.56 Å². The maximum Gasteiger partial charge on any atom is 0.328 e. The fraction of sp³-hybridized carbons (Fsp3) is 0.333. The fourth-order valence-electron chi connectivity index (χ4n) is 1.41. The van der Waals surface area contributed by atoms with Crippen LogP contribution in [-0.4, -0.2) is 20.8 Å². The van der Waals surface area contributed by atoms with E-state index >= 15 is 0 Å². The second-order valence-corrected chi connectivity index (χ2v) is 4.14. The van der Waals surface area contributed by atoms with Gasteiger partial charge in [-0.3, -0.25) is 9.36 Å². The highest BCUT2D eigenvalue weighted by molar-refractivity contribution is 7.09. The Morgan fingerprint density at radius 3 is 2.93 bits per heavy atom. The second kappa shape index (κ2) is 3.63. The molecule has 0 fully saturated rings. The summed E-state index contributed by atoms with van der Waals surface area (Å²) < 4.78 is 1.01. The van der Waals surface area contributed by atoms with Crippen molar-refractivity contribution < 1.29 is 5.11 Å². The molecule has 15 heavy (non-hydrogen) atoms. The molecule has 1 unspecified atom stereocenters. The van der Waals surface area contributed by atoms with Crippen molar-refractivity contribution in [1.82, 2.24) is 9.55 Å². The Labute approximate surface area is 88.6 Å². The van der Waals surface area contributed by atoms with Gasteiger partial charge < -0.3 is 10.1 Å². The van der Waals surface area contributed by atoms with E-state index < -0.39 is 11.8 Å². The van der Waals surface area contributed by atoms with Gasteiger partial charge in [0.05, 0.1) is 23.6 Å². The van der Waals surface area contributed by atoms with E-state index in [2.05, 4.69) is 4.98 Å². The number of rotatable bonds is 2. The average molecular weight is 226 g/mol. The SMILES string of the molecule is CC(O)Cn1c(=O)[nH]c2cscc2c1=O. The zero-order chi connectivity index (χ0) is 11.0. The maximum atomic E-state index is 11.8. The number of aliphatic hydroxyl groups excluding tert-OH is 1. The van der Waals surface area contributed by atoms with Crippen LogP contribution in [-0.2, 0) is 6.54 Å². The highest BCUT2D eigenvalue weighted by Crippen LogP contribution is 2.10. The third-order valence-corrected chi connectivity index (χ3v) is 2.81. The first-order valence-corrected chi connectivity index (χ1v) is 5.41. The van der Waals surface area contributed by atoms with Crippen LogP contribution < -0.4 is 11.2 Å². The van der Waals surface area contributed by atoms with Gasteiger partial charge in [-0.05, 0) is 6.92 Å². The van der Waals surface area contributed by atoms with Gasteiger partial charge >= 0.3 is 5.69 Å². The van der Waals surface area contributed by atoms with Crippen molar-refractivity contribution in [2.45, 2.75) is 19.6 Å². The van der Waals surface area contributed by atoms with E-state index in [1.807, 2.05) is 0 Å². The van der Waals surface area contributed by atoms with Crippen LogP contribution in [0.3, 0.4) is 0 Å². The van der Waals surface area contributed by atoms with Crippen molar-refractivity contribution >= 4 is 22.2 Å². The number of hydrogen-bond donors (Lipinski definition) is 2. The molecule has 0 amide bonds. The Balaban J connectivity index is 2.73. The minimum atomic E-state index is -0.722. The number of aromatic amines is 1. The van der Waals surface area contributed by atoms with Crippen LogP contribution in [0.5, 0.6) is 0 Å². The molecule has 0 saturated heterocycles. The predicted octanol–water partition coefficient (Wildman–Crippen LogP) is 0.132. The van der Waals surface area contributed by atoms with Gasteiger partial charge in [0.2, 0.25) is 0 Å². The molecule has 2 aromatic rings. The lowest BCUT2D eigenvalue weighted by Crippen LogP contribution is -2.37. The normalized spacial score (nSPS) is 13.2. The van der Waals surface area contributed by atoms with Crippen molar-refractivity contribution in [1.29, 1.82) is 0 Å². The Bertz CT molecular complexity index is 593. The summed E-state index contributed by atoms with van der Waals surface area (Å²) in [4.78, 5) is 25.9. The quantitative estimate of drug-likeness (QED) is 0.764. The Kier molecular flexibility index (Phi) is 2.45. The van der Waals surface area contributed by atoms with E-state index in [0.29, 0.717) is 10.9 Å². The number of fused-ring (bicyclic) bond motifs is 1. The van der Waals surface area contributed by atoms with E-state index in [1.54, 1.807) is 10.8 Å². The molecule has 1 atom stereocenters. The number of nitrogens with one attached hydrogen (secondary N) is 1. The lowest BCUT2D eigenvalue weighted by molar-refractivity contribution is 0.170. The molecule has 0 aliphatic rings. The van der Waals surface area contributed by atoms with Crippen LogP contribution in [0.4, 0.5) is 0 Å². The van der Waals surface area contributed by atoms with Crippen LogP contribution in [0.15, 0.2) is 20.3 Å². The highest BCUT2D eigenvalue weighted by atomic mass is 32.1. The van der Waals surface area contributed by atoms with Gasteiger partial charge in [0.1, 0.15) is 0 Å². The number of hydrogen-bond acceptors (Lipinski definition) is 4. The molecule has 0 spiro atoms. The smallest absolute Gasteiger partial charge is 0.328 e. The zero-order valence-electron chi connectivity index (χ0n) is 8.06. The minimum absolute atomic E-state index is 0.0138. The van der Waals surface area contributed by atoms with Gasteiger partial charge in [-0.15, -0.1) is 11.3 Å². The molecule has 0 aromatic carbocycles. The van der Waals surface area contributed by atoms with E-state index in [1.165, 1.54) is 18.3 Å². The summed E-state index contributed by atoms with van der Waals surface area (Å²) in [5, 5.41) is 13.1. The van der Waals surface area contributed by atoms with Crippen molar-refractivity contribution in [2.24, 2.45) is 0 Å². The van der Waals surface area contributed by atoms with E-state index in [4.69, 9.17) is 5.11 Å². The Morgan fingerprint density at radius 2 is 2.27 bits per heavy atom. The van der Waals surface area contributed by atoms with Crippen molar-refractivity contribution in [3.05, 3.63) is 31.6 Å². The summed E-state index contributed by atoms with van der Waals surface area (Å²) >= 11 is 1.36. The average Bonchev–Trinajstić information content (AvgIpc) is 2.59. The van der Waals surface area contributed by atoms with E-state index in [0.717, 1.165) is 4.57 Å². The van der Waals surface area contributed by atoms with Crippen LogP contribution in [0, 0.1) is 0 Å². The van der Waals surface area contributed by atoms with Gasteiger partial charge in [-0.2, -0.15) is 0 Å². The first kappa shape index (κ1) is 10.1. The topological polar surface area (TPSA) is 75.1 Å². The molecule has 0 aliphatic heterocycles. The minimum Gasteiger partial charge on any atom is -0.392 e. The number of aliphatic hydroxyl groups is 1. The van der Waals surface area contributed by atoms with Gasteiger partial charge in [0.15, 0.2) is 0 Å². The molecular formula is C9H10N2O3S. The molecule has 80 valence electrons. The standard InChI is InChI=1S/C9H10N2O3S/c1-5(12)2-11-8(13)6-3-15-4-7(6)10-9(11)14/h3-5,12H,2H2,1H3,(H,10,14). The number of nitrogens with zero attached hydrogens (tertiary/aromatic N) is 1. The second-order valence-electron chi connectivity index (χ2n) is 3.39. The third-order valence-electron chi connectivity index (χ3n) is 2.07. The summed E-state index contributed by atoms with van der Waals surface area (Å²) in [5.41, 5.74) is -0.278. The molecule has 0 bridgehead atoms. The van der Waals surface area contributed by atoms with Crippen LogP contribution in [0.25, 0.3) is 10.9 Å². The molecule has 0 aliphatic carbocycles. The van der Waals surface area contributed by atoms with Crippen molar-refractivity contribution in [3.63, 3.8) is 0 Å². The Morgan fingerprint density at radius 1 is 1.53 bits per heavy atom. The Hall–Kier alpha value is -1.40. The van der Waals surface area contributed by atoms with Gasteiger partial charge in [0, 0.05) is 10.8 Å². The molecule has 2 N–H and O–H groups in total. The van der Waals surface area contributed by atoms with Crippen molar-refractivity contribution in [3.8, 4) is 0 Å². The summed E-state index contributed by atoms with van der Waals surface area (Å²) in [5.74, 6) is 0. The van der Waals surface area contributed by atoms with E-state index in [9.17, 15) is 9.59 Å². The largest absolute Gasteiger partial charge is 0.392 e. The van der Waals surface area contributed by atoms with Crippen LogP contribution >= 0.6 is 11.3 Å². The van der Waals surface area contributed by atoms with Gasteiger partial charge in [-0.25, -0.2) is 4.79 Å². The molecule has 6 heteroatoms. The lowest BCUT2D eigenvalue weighted by Gasteiger charge is -2.06. The third kappa shape index (κ3) is 1.73. The molecule has 0 radical (unpaired) electrons. The molecule has 5 nitrogen and oxygen atoms in total. The molecule has 2 rings (SSSR count). The summed E-state index contributed by atoms with van der Waals surface area (Å²) in [6.07, 6.45) is -0.722. The van der Waals surface area contributed by atoms with E-state index in [-0.39, 0.29) is 12.1 Å². The first-order valence-electron chi connectivity index (χ1n) is 4.46. The number of aromatic nitrogens is 2. The maximum absolute atomic E-state index is 11.8. The van der Waals surface area contributed by atoms with Crippen molar-refractivity contribution in [2.75, 3.05) is 0 Å².